The van der Waals surface area contributed by atoms with Gasteiger partial charge in [0.05, 0.1) is 0 Å². The van der Waals surface area contributed by atoms with E-state index in [0.717, 1.165) is 23.8 Å². The fourth-order valence-corrected chi connectivity index (χ4v) is 3.07. The lowest BCUT2D eigenvalue weighted by Crippen LogP contribution is -2.45. The minimum absolute atomic E-state index is 0.836. The minimum Gasteiger partial charge on any atom is -0.314 e. The van der Waals surface area contributed by atoms with E-state index in [0.29, 0.717) is 0 Å². The highest BCUT2D eigenvalue weighted by atomic mass is 15.1. The topological polar surface area (TPSA) is 15.3 Å². The maximum Gasteiger partial charge on any atom is 0.00726 e. The highest BCUT2D eigenvalue weighted by molar-refractivity contribution is 4.88. The maximum absolute atomic E-state index is 3.76. The van der Waals surface area contributed by atoms with Crippen LogP contribution in [-0.2, 0) is 0 Å². The average molecular weight is 224 g/mol. The van der Waals surface area contributed by atoms with Crippen LogP contribution in [0.1, 0.15) is 40.0 Å². The lowest BCUT2D eigenvalue weighted by Gasteiger charge is -2.39. The van der Waals surface area contributed by atoms with Gasteiger partial charge in [-0.1, -0.05) is 20.8 Å². The number of likely N-dealkylation sites (tertiary alicyclic amines) is 1. The fraction of sp³-hybridized carbons (Fsp3) is 1.00. The summed E-state index contributed by atoms with van der Waals surface area (Å²) in [4.78, 5) is 2.57. The third-order valence-corrected chi connectivity index (χ3v) is 4.63. The monoisotopic (exact) mass is 224 g/mol. The molecule has 1 saturated heterocycles. The van der Waals surface area contributed by atoms with E-state index < -0.39 is 0 Å². The second-order valence-electron chi connectivity index (χ2n) is 6.13. The Hall–Kier alpha value is -0.0800. The quantitative estimate of drug-likeness (QED) is 0.771. The van der Waals surface area contributed by atoms with Gasteiger partial charge in [0.1, 0.15) is 0 Å². The molecule has 0 spiro atoms. The van der Waals surface area contributed by atoms with Gasteiger partial charge in [0, 0.05) is 12.6 Å². The van der Waals surface area contributed by atoms with Gasteiger partial charge in [0.15, 0.2) is 0 Å². The van der Waals surface area contributed by atoms with Crippen molar-refractivity contribution in [3.8, 4) is 0 Å². The Kier molecular flexibility index (Phi) is 4.26. The van der Waals surface area contributed by atoms with Crippen LogP contribution in [0.3, 0.4) is 0 Å². The molecule has 2 aliphatic rings. The van der Waals surface area contributed by atoms with Crippen molar-refractivity contribution in [3.05, 3.63) is 0 Å². The zero-order chi connectivity index (χ0) is 11.5. The van der Waals surface area contributed by atoms with Gasteiger partial charge >= 0.3 is 0 Å². The van der Waals surface area contributed by atoms with E-state index in [2.05, 4.69) is 31.0 Å². The third kappa shape index (κ3) is 2.98. The van der Waals surface area contributed by atoms with Crippen LogP contribution >= 0.6 is 0 Å². The van der Waals surface area contributed by atoms with Gasteiger partial charge in [-0.2, -0.15) is 0 Å². The highest BCUT2D eigenvalue weighted by Gasteiger charge is 2.31. The molecule has 2 rings (SSSR count). The van der Waals surface area contributed by atoms with Gasteiger partial charge in [-0.15, -0.1) is 0 Å². The number of hydrogen-bond acceptors (Lipinski definition) is 2. The Bertz CT molecular complexity index is 209. The molecule has 1 aliphatic carbocycles. The van der Waals surface area contributed by atoms with Gasteiger partial charge < -0.3 is 10.2 Å². The predicted molar refractivity (Wildman–Crippen MR) is 69.6 cm³/mol. The van der Waals surface area contributed by atoms with Crippen LogP contribution in [0.25, 0.3) is 0 Å². The SMILES string of the molecule is CCN1CCC(CNC2CC(C(C)C)C2)C1. The first-order valence-electron chi connectivity index (χ1n) is 7.14. The van der Waals surface area contributed by atoms with Crippen LogP contribution in [0.5, 0.6) is 0 Å². The summed E-state index contributed by atoms with van der Waals surface area (Å²) in [7, 11) is 0. The van der Waals surface area contributed by atoms with Crippen molar-refractivity contribution in [1.29, 1.82) is 0 Å². The molecule has 2 heteroatoms. The Morgan fingerprint density at radius 2 is 2.06 bits per heavy atom. The number of nitrogens with one attached hydrogen (secondary N) is 1. The number of rotatable bonds is 5. The summed E-state index contributed by atoms with van der Waals surface area (Å²) in [5, 5.41) is 3.76. The molecule has 2 nitrogen and oxygen atoms in total. The first-order valence-corrected chi connectivity index (χ1v) is 7.14. The van der Waals surface area contributed by atoms with E-state index in [1.165, 1.54) is 45.4 Å². The zero-order valence-corrected chi connectivity index (χ0v) is 11.2. The third-order valence-electron chi connectivity index (χ3n) is 4.63. The summed E-state index contributed by atoms with van der Waals surface area (Å²) in [6.45, 7) is 12.1. The molecule has 0 aromatic heterocycles. The first-order chi connectivity index (χ1) is 7.69. The van der Waals surface area contributed by atoms with Crippen LogP contribution in [-0.4, -0.2) is 37.1 Å². The Balaban J connectivity index is 1.56. The molecule has 1 saturated carbocycles. The minimum atomic E-state index is 0.836. The average Bonchev–Trinajstić information content (AvgIpc) is 2.62. The highest BCUT2D eigenvalue weighted by Crippen LogP contribution is 2.33. The largest absolute Gasteiger partial charge is 0.314 e. The van der Waals surface area contributed by atoms with Gasteiger partial charge in [-0.25, -0.2) is 0 Å². The number of hydrogen-bond donors (Lipinski definition) is 1. The van der Waals surface area contributed by atoms with Crippen molar-refractivity contribution in [2.45, 2.75) is 46.1 Å². The lowest BCUT2D eigenvalue weighted by molar-refractivity contribution is 0.164. The van der Waals surface area contributed by atoms with Crippen LogP contribution in [0.2, 0.25) is 0 Å². The summed E-state index contributed by atoms with van der Waals surface area (Å²) in [5.74, 6) is 2.80. The van der Waals surface area contributed by atoms with Gasteiger partial charge in [-0.05, 0) is 56.7 Å². The second-order valence-corrected chi connectivity index (χ2v) is 6.13. The van der Waals surface area contributed by atoms with Crippen molar-refractivity contribution in [3.63, 3.8) is 0 Å². The number of nitrogens with zero attached hydrogens (tertiary/aromatic N) is 1. The summed E-state index contributed by atoms with van der Waals surface area (Å²) in [6.07, 6.45) is 4.24. The summed E-state index contributed by atoms with van der Waals surface area (Å²) in [6, 6.07) is 0.836. The van der Waals surface area contributed by atoms with Gasteiger partial charge in [0.2, 0.25) is 0 Å². The van der Waals surface area contributed by atoms with E-state index >= 15 is 0 Å². The fourth-order valence-electron chi connectivity index (χ4n) is 3.07. The molecule has 94 valence electrons. The molecule has 2 fully saturated rings. The van der Waals surface area contributed by atoms with E-state index in [1.807, 2.05) is 0 Å². The molecule has 1 N–H and O–H groups in total. The van der Waals surface area contributed by atoms with Gasteiger partial charge in [-0.3, -0.25) is 0 Å². The maximum atomic E-state index is 3.76. The second kappa shape index (κ2) is 5.50. The Morgan fingerprint density at radius 1 is 1.31 bits per heavy atom. The molecule has 16 heavy (non-hydrogen) atoms. The van der Waals surface area contributed by atoms with Crippen LogP contribution < -0.4 is 5.32 Å². The molecule has 1 unspecified atom stereocenters. The van der Waals surface area contributed by atoms with Crippen LogP contribution in [0, 0.1) is 17.8 Å². The van der Waals surface area contributed by atoms with E-state index in [-0.39, 0.29) is 0 Å². The van der Waals surface area contributed by atoms with Crippen LogP contribution in [0.15, 0.2) is 0 Å². The lowest BCUT2D eigenvalue weighted by atomic mass is 9.73. The smallest absolute Gasteiger partial charge is 0.00726 e. The van der Waals surface area contributed by atoms with Crippen molar-refractivity contribution in [2.75, 3.05) is 26.2 Å². The molecule has 0 radical (unpaired) electrons. The molecule has 1 heterocycles. The Morgan fingerprint density at radius 3 is 2.62 bits per heavy atom. The molecular weight excluding hydrogens is 196 g/mol. The molecule has 0 aromatic rings. The zero-order valence-electron chi connectivity index (χ0n) is 11.2. The summed E-state index contributed by atoms with van der Waals surface area (Å²) < 4.78 is 0. The Labute approximate surface area is 101 Å². The van der Waals surface area contributed by atoms with Crippen molar-refractivity contribution >= 4 is 0 Å². The van der Waals surface area contributed by atoms with Crippen molar-refractivity contribution in [1.82, 2.24) is 10.2 Å². The molecule has 0 amide bonds. The van der Waals surface area contributed by atoms with Gasteiger partial charge in [0.25, 0.3) is 0 Å². The summed E-state index contributed by atoms with van der Waals surface area (Å²) >= 11 is 0. The van der Waals surface area contributed by atoms with E-state index in [9.17, 15) is 0 Å². The normalized spacial score (nSPS) is 35.6. The van der Waals surface area contributed by atoms with Crippen molar-refractivity contribution in [2.24, 2.45) is 17.8 Å². The molecule has 0 aromatic carbocycles. The molecule has 0 bridgehead atoms. The molecule has 1 aliphatic heterocycles. The van der Waals surface area contributed by atoms with Crippen LogP contribution in [0.4, 0.5) is 0 Å². The van der Waals surface area contributed by atoms with E-state index in [4.69, 9.17) is 0 Å². The molecular formula is C14H28N2. The first kappa shape index (κ1) is 12.4. The predicted octanol–water partition coefficient (Wildman–Crippen LogP) is 2.35. The standard InChI is InChI=1S/C14H28N2/c1-4-16-6-5-12(10-16)9-15-14-7-13(8-14)11(2)3/h11-15H,4-10H2,1-3H3. The molecule has 1 atom stereocenters. The van der Waals surface area contributed by atoms with E-state index in [1.54, 1.807) is 0 Å². The summed E-state index contributed by atoms with van der Waals surface area (Å²) in [5.41, 5.74) is 0. The van der Waals surface area contributed by atoms with Crippen molar-refractivity contribution < 1.29 is 0 Å².